The number of nitrogen functional groups attached to an aromatic ring is 1. The molecule has 0 aliphatic carbocycles. The third-order valence-corrected chi connectivity index (χ3v) is 5.19. The summed E-state index contributed by atoms with van der Waals surface area (Å²) in [4.78, 5) is 32.7. The maximum absolute atomic E-state index is 12.3. The number of oxime groups is 1. The Labute approximate surface area is 145 Å². The van der Waals surface area contributed by atoms with Crippen LogP contribution in [0.15, 0.2) is 21.8 Å². The highest BCUT2D eigenvalue weighted by Crippen LogP contribution is 2.26. The van der Waals surface area contributed by atoms with Crippen LogP contribution in [-0.4, -0.2) is 54.0 Å². The molecule has 24 heavy (non-hydrogen) atoms. The monoisotopic (exact) mass is 369 g/mol. The van der Waals surface area contributed by atoms with Gasteiger partial charge in [0.05, 0.1) is 5.37 Å². The molecule has 1 unspecified atom stereocenters. The molecule has 0 spiro atoms. The first-order valence-electron chi connectivity index (χ1n) is 6.96. The first-order valence-corrected chi connectivity index (χ1v) is 8.89. The Balaban J connectivity index is 1.60. The number of rotatable bonds is 5. The number of carbonyl (C=O) groups is 2. The Morgan fingerprint density at radius 3 is 3.21 bits per heavy atom. The second-order valence-electron chi connectivity index (χ2n) is 4.90. The van der Waals surface area contributed by atoms with Crippen molar-refractivity contribution in [3.05, 3.63) is 22.3 Å². The molecule has 3 rings (SSSR count). The molecule has 1 atom stereocenters. The summed E-state index contributed by atoms with van der Waals surface area (Å²) in [5.41, 5.74) is 7.44. The Hall–Kier alpha value is -2.27. The van der Waals surface area contributed by atoms with E-state index in [4.69, 9.17) is 15.3 Å². The van der Waals surface area contributed by atoms with Crippen LogP contribution < -0.4 is 16.4 Å². The molecule has 1 aromatic heterocycles. The lowest BCUT2D eigenvalue weighted by molar-refractivity contribution is -0.136. The van der Waals surface area contributed by atoms with E-state index in [1.165, 1.54) is 18.4 Å². The zero-order valence-corrected chi connectivity index (χ0v) is 14.3. The van der Waals surface area contributed by atoms with Crippen LogP contribution in [-0.2, 0) is 19.2 Å². The Kier molecular flexibility index (Phi) is 4.90. The Morgan fingerprint density at radius 2 is 2.50 bits per heavy atom. The molecule has 4 N–H and O–H groups in total. The minimum Gasteiger partial charge on any atom is -0.456 e. The summed E-state index contributed by atoms with van der Waals surface area (Å²) in [6, 6.07) is 0. The van der Waals surface area contributed by atoms with Gasteiger partial charge >= 0.3 is 5.97 Å². The fraction of sp³-hybridized carbons (Fsp3) is 0.385. The number of amides is 1. The fourth-order valence-corrected chi connectivity index (χ4v) is 3.77. The average Bonchev–Trinajstić information content (AvgIpc) is 3.16. The van der Waals surface area contributed by atoms with Gasteiger partial charge in [0, 0.05) is 23.3 Å². The molecule has 11 heteroatoms. The molecule has 3 heterocycles. The maximum Gasteiger partial charge on any atom is 0.354 e. The van der Waals surface area contributed by atoms with E-state index >= 15 is 0 Å². The SMILES string of the molecule is CO/N=C(\C(=O)NCC1NC2=C(COC2=O)CS1)c1csc(N)n1. The lowest BCUT2D eigenvalue weighted by atomic mass is 10.2. The van der Waals surface area contributed by atoms with E-state index in [9.17, 15) is 9.59 Å². The third kappa shape index (κ3) is 3.46. The van der Waals surface area contributed by atoms with Gasteiger partial charge < -0.3 is 25.9 Å². The number of thioether (sulfide) groups is 1. The highest BCUT2D eigenvalue weighted by molar-refractivity contribution is 8.00. The molecule has 0 saturated carbocycles. The topological polar surface area (TPSA) is 128 Å². The Morgan fingerprint density at radius 1 is 1.67 bits per heavy atom. The van der Waals surface area contributed by atoms with Crippen LogP contribution >= 0.6 is 23.1 Å². The van der Waals surface area contributed by atoms with Crippen LogP contribution in [0.3, 0.4) is 0 Å². The standard InChI is InChI=1S/C13H15N5O4S2/c1-21-18-10(7-5-24-13(14)16-7)11(19)15-2-8-17-9-6(4-23-8)3-22-12(9)20/h5,8,17H,2-4H2,1H3,(H2,14,16)(H,15,19)/b18-10-. The number of aromatic nitrogens is 1. The van der Waals surface area contributed by atoms with E-state index in [1.54, 1.807) is 17.1 Å². The van der Waals surface area contributed by atoms with Gasteiger partial charge in [0.2, 0.25) is 0 Å². The van der Waals surface area contributed by atoms with E-state index < -0.39 is 5.91 Å². The van der Waals surface area contributed by atoms with Crippen molar-refractivity contribution in [1.82, 2.24) is 15.6 Å². The summed E-state index contributed by atoms with van der Waals surface area (Å²) in [5.74, 6) is -0.0875. The first-order chi connectivity index (χ1) is 11.6. The zero-order chi connectivity index (χ0) is 17.1. The lowest BCUT2D eigenvalue weighted by Crippen LogP contribution is -2.43. The number of cyclic esters (lactones) is 1. The number of ether oxygens (including phenoxy) is 1. The van der Waals surface area contributed by atoms with Gasteiger partial charge in [-0.1, -0.05) is 5.16 Å². The highest BCUT2D eigenvalue weighted by Gasteiger charge is 2.31. The van der Waals surface area contributed by atoms with Gasteiger partial charge in [-0.3, -0.25) is 4.79 Å². The number of nitrogens with two attached hydrogens (primary N) is 1. The number of hydrogen-bond acceptors (Lipinski definition) is 10. The molecular weight excluding hydrogens is 354 g/mol. The molecule has 0 radical (unpaired) electrons. The molecule has 128 valence electrons. The predicted octanol–water partition coefficient (Wildman–Crippen LogP) is -0.335. The third-order valence-electron chi connectivity index (χ3n) is 3.31. The van der Waals surface area contributed by atoms with Crippen LogP contribution in [0.25, 0.3) is 0 Å². The smallest absolute Gasteiger partial charge is 0.354 e. The minimum atomic E-state index is -0.432. The van der Waals surface area contributed by atoms with Crippen LogP contribution in [0.4, 0.5) is 5.13 Å². The van der Waals surface area contributed by atoms with E-state index in [0.717, 1.165) is 5.57 Å². The van der Waals surface area contributed by atoms with E-state index in [2.05, 4.69) is 20.8 Å². The van der Waals surface area contributed by atoms with Gasteiger partial charge in [0.25, 0.3) is 5.91 Å². The summed E-state index contributed by atoms with van der Waals surface area (Å²) in [6.45, 7) is 0.638. The number of anilines is 1. The number of nitrogens with one attached hydrogen (secondary N) is 2. The second-order valence-corrected chi connectivity index (χ2v) is 6.98. The number of esters is 1. The van der Waals surface area contributed by atoms with E-state index in [-0.39, 0.29) is 17.1 Å². The molecule has 0 saturated heterocycles. The summed E-state index contributed by atoms with van der Waals surface area (Å²) in [7, 11) is 1.35. The molecule has 1 aromatic rings. The van der Waals surface area contributed by atoms with Crippen molar-refractivity contribution in [2.75, 3.05) is 31.7 Å². The molecule has 0 fully saturated rings. The molecule has 2 aliphatic heterocycles. The van der Waals surface area contributed by atoms with Crippen LogP contribution in [0.5, 0.6) is 0 Å². The van der Waals surface area contributed by atoms with Crippen molar-refractivity contribution < 1.29 is 19.2 Å². The zero-order valence-electron chi connectivity index (χ0n) is 12.7. The number of thiazole rings is 1. The molecular formula is C13H15N5O4S2. The maximum atomic E-state index is 12.3. The minimum absolute atomic E-state index is 0.0476. The predicted molar refractivity (Wildman–Crippen MR) is 90.4 cm³/mol. The first kappa shape index (κ1) is 16.6. The molecule has 0 bridgehead atoms. The van der Waals surface area contributed by atoms with Gasteiger partial charge in [-0.05, 0) is 0 Å². The van der Waals surface area contributed by atoms with E-state index in [0.29, 0.717) is 35.4 Å². The van der Waals surface area contributed by atoms with Gasteiger partial charge in [0.15, 0.2) is 10.8 Å². The van der Waals surface area contributed by atoms with Crippen molar-refractivity contribution in [2.24, 2.45) is 5.16 Å². The highest BCUT2D eigenvalue weighted by atomic mass is 32.2. The van der Waals surface area contributed by atoms with Crippen molar-refractivity contribution in [3.63, 3.8) is 0 Å². The average molecular weight is 369 g/mol. The van der Waals surface area contributed by atoms with E-state index in [1.807, 2.05) is 0 Å². The molecule has 1 amide bonds. The largest absolute Gasteiger partial charge is 0.456 e. The lowest BCUT2D eigenvalue weighted by Gasteiger charge is -2.24. The number of carbonyl (C=O) groups excluding carboxylic acids is 2. The Bertz CT molecular complexity index is 730. The molecule has 0 aromatic carbocycles. The van der Waals surface area contributed by atoms with Gasteiger partial charge in [-0.15, -0.1) is 23.1 Å². The van der Waals surface area contributed by atoms with Crippen molar-refractivity contribution >= 4 is 45.8 Å². The fourth-order valence-electron chi connectivity index (χ4n) is 2.19. The van der Waals surface area contributed by atoms with Crippen LogP contribution in [0.2, 0.25) is 0 Å². The normalized spacial score (nSPS) is 20.3. The van der Waals surface area contributed by atoms with Gasteiger partial charge in [-0.2, -0.15) is 0 Å². The van der Waals surface area contributed by atoms with Crippen molar-refractivity contribution in [2.45, 2.75) is 5.37 Å². The quantitative estimate of drug-likeness (QED) is 0.366. The van der Waals surface area contributed by atoms with Gasteiger partial charge in [-0.25, -0.2) is 9.78 Å². The summed E-state index contributed by atoms with van der Waals surface area (Å²) in [6.07, 6.45) is 0. The second kappa shape index (κ2) is 7.09. The van der Waals surface area contributed by atoms with Crippen LogP contribution in [0.1, 0.15) is 5.69 Å². The summed E-state index contributed by atoms with van der Waals surface area (Å²) >= 11 is 2.80. The van der Waals surface area contributed by atoms with Crippen molar-refractivity contribution in [3.8, 4) is 0 Å². The summed E-state index contributed by atoms with van der Waals surface area (Å²) < 4.78 is 4.97. The molecule has 9 nitrogen and oxygen atoms in total. The number of nitrogens with zero attached hydrogens (tertiary/aromatic N) is 2. The van der Waals surface area contributed by atoms with Gasteiger partial charge in [0.1, 0.15) is 25.1 Å². The van der Waals surface area contributed by atoms with Crippen LogP contribution in [0, 0.1) is 0 Å². The summed E-state index contributed by atoms with van der Waals surface area (Å²) in [5, 5.41) is 11.4. The number of hydrogen-bond donors (Lipinski definition) is 3. The van der Waals surface area contributed by atoms with Crippen molar-refractivity contribution in [1.29, 1.82) is 0 Å². The molecule has 2 aliphatic rings.